The quantitative estimate of drug-likeness (QED) is 0.782. The van der Waals surface area contributed by atoms with Gasteiger partial charge in [0.05, 0.1) is 13.7 Å². The average Bonchev–Trinajstić information content (AvgIpc) is 3.07. The molecule has 2 aromatic carbocycles. The summed E-state index contributed by atoms with van der Waals surface area (Å²) < 4.78 is 17.1. The van der Waals surface area contributed by atoms with Crippen molar-refractivity contribution in [1.29, 1.82) is 0 Å². The highest BCUT2D eigenvalue weighted by atomic mass is 16.6. The minimum atomic E-state index is -1.30. The molecule has 1 atom stereocenters. The Morgan fingerprint density at radius 2 is 1.73 bits per heavy atom. The molecule has 26 heavy (non-hydrogen) atoms. The molecule has 5 nitrogen and oxygen atoms in total. The number of benzene rings is 2. The van der Waals surface area contributed by atoms with E-state index in [2.05, 4.69) is 0 Å². The van der Waals surface area contributed by atoms with E-state index in [1.807, 2.05) is 80.3 Å². The second kappa shape index (κ2) is 7.00. The van der Waals surface area contributed by atoms with Crippen LogP contribution in [0, 0.1) is 0 Å². The van der Waals surface area contributed by atoms with E-state index in [1.165, 1.54) is 0 Å². The Hall–Kier alpha value is -2.53. The number of nitrogens with zero attached hydrogens (tertiary/aromatic N) is 1. The van der Waals surface area contributed by atoms with Gasteiger partial charge < -0.3 is 19.1 Å². The van der Waals surface area contributed by atoms with Crippen molar-refractivity contribution < 1.29 is 19.0 Å². The lowest BCUT2D eigenvalue weighted by molar-refractivity contribution is -0.179. The molecule has 0 aromatic heterocycles. The van der Waals surface area contributed by atoms with E-state index in [1.54, 1.807) is 7.11 Å². The Balaban J connectivity index is 2.08. The van der Waals surface area contributed by atoms with Crippen LogP contribution < -0.4 is 9.64 Å². The van der Waals surface area contributed by atoms with Gasteiger partial charge in [-0.1, -0.05) is 30.3 Å². The van der Waals surface area contributed by atoms with Crippen molar-refractivity contribution in [1.82, 2.24) is 0 Å². The number of esters is 1. The molecular formula is C21H25NO4. The normalized spacial score (nSPS) is 20.1. The topological polar surface area (TPSA) is 48.0 Å². The monoisotopic (exact) mass is 355 g/mol. The first-order valence-corrected chi connectivity index (χ1v) is 8.71. The summed E-state index contributed by atoms with van der Waals surface area (Å²) in [5.41, 5.74) is -0.292. The highest BCUT2D eigenvalue weighted by Gasteiger charge is 2.53. The molecular weight excluding hydrogens is 330 g/mol. The minimum Gasteiger partial charge on any atom is -0.497 e. The number of hydrogen-bond acceptors (Lipinski definition) is 5. The van der Waals surface area contributed by atoms with Gasteiger partial charge in [0.15, 0.2) is 0 Å². The predicted octanol–water partition coefficient (Wildman–Crippen LogP) is 3.73. The Kier molecular flexibility index (Phi) is 4.92. The van der Waals surface area contributed by atoms with Crippen molar-refractivity contribution in [3.8, 4) is 5.75 Å². The van der Waals surface area contributed by atoms with Gasteiger partial charge in [0.1, 0.15) is 11.4 Å². The molecule has 0 saturated carbocycles. The van der Waals surface area contributed by atoms with Gasteiger partial charge in [-0.05, 0) is 45.0 Å². The lowest BCUT2D eigenvalue weighted by atomic mass is 10.00. The van der Waals surface area contributed by atoms with Crippen LogP contribution in [0.15, 0.2) is 54.6 Å². The van der Waals surface area contributed by atoms with Gasteiger partial charge in [-0.3, -0.25) is 0 Å². The zero-order valence-electron chi connectivity index (χ0n) is 15.7. The SMILES string of the molecule is COc1ccc(N2CCOC2(C(=O)OC(C)(C)C)c2ccccc2)cc1. The Morgan fingerprint density at radius 1 is 1.08 bits per heavy atom. The highest BCUT2D eigenvalue weighted by molar-refractivity contribution is 5.86. The summed E-state index contributed by atoms with van der Waals surface area (Å²) in [7, 11) is 1.63. The predicted molar refractivity (Wildman–Crippen MR) is 100 cm³/mol. The summed E-state index contributed by atoms with van der Waals surface area (Å²) in [6.07, 6.45) is 0. The van der Waals surface area contributed by atoms with Crippen LogP contribution in [0.3, 0.4) is 0 Å². The summed E-state index contributed by atoms with van der Waals surface area (Å²) in [5, 5.41) is 0. The summed E-state index contributed by atoms with van der Waals surface area (Å²) in [6, 6.07) is 17.1. The first-order chi connectivity index (χ1) is 12.4. The maximum atomic E-state index is 13.3. The van der Waals surface area contributed by atoms with E-state index in [9.17, 15) is 4.79 Å². The van der Waals surface area contributed by atoms with Gasteiger partial charge in [-0.15, -0.1) is 0 Å². The van der Waals surface area contributed by atoms with E-state index in [0.29, 0.717) is 13.2 Å². The minimum absolute atomic E-state index is 0.412. The second-order valence-corrected chi connectivity index (χ2v) is 7.21. The fraction of sp³-hybridized carbons (Fsp3) is 0.381. The first-order valence-electron chi connectivity index (χ1n) is 8.71. The van der Waals surface area contributed by atoms with Crippen LogP contribution in [0.5, 0.6) is 5.75 Å². The van der Waals surface area contributed by atoms with E-state index in [4.69, 9.17) is 14.2 Å². The van der Waals surface area contributed by atoms with Crippen LogP contribution in [0.25, 0.3) is 0 Å². The number of carbonyl (C=O) groups excluding carboxylic acids is 1. The molecule has 1 saturated heterocycles. The molecule has 0 spiro atoms. The average molecular weight is 355 g/mol. The van der Waals surface area contributed by atoms with Crippen LogP contribution in [0.4, 0.5) is 5.69 Å². The molecule has 1 aliphatic heterocycles. The maximum Gasteiger partial charge on any atom is 0.365 e. The molecule has 0 radical (unpaired) electrons. The molecule has 1 heterocycles. The zero-order chi connectivity index (χ0) is 18.8. The molecule has 138 valence electrons. The number of methoxy groups -OCH3 is 1. The molecule has 1 unspecified atom stereocenters. The number of ether oxygens (including phenoxy) is 3. The lowest BCUT2D eigenvalue weighted by Crippen LogP contribution is -2.51. The molecule has 0 N–H and O–H groups in total. The molecule has 5 heteroatoms. The van der Waals surface area contributed by atoms with Crippen molar-refractivity contribution in [3.05, 3.63) is 60.2 Å². The fourth-order valence-corrected chi connectivity index (χ4v) is 3.13. The van der Waals surface area contributed by atoms with Gasteiger partial charge in [-0.25, -0.2) is 4.79 Å². The summed E-state index contributed by atoms with van der Waals surface area (Å²) >= 11 is 0. The molecule has 1 fully saturated rings. The molecule has 0 aliphatic carbocycles. The summed E-state index contributed by atoms with van der Waals surface area (Å²) in [6.45, 7) is 6.59. The maximum absolute atomic E-state index is 13.3. The van der Waals surface area contributed by atoms with Gasteiger partial charge in [-0.2, -0.15) is 0 Å². The number of carbonyl (C=O) groups is 1. The van der Waals surface area contributed by atoms with E-state index >= 15 is 0 Å². The third-order valence-electron chi connectivity index (χ3n) is 4.23. The van der Waals surface area contributed by atoms with Crippen LogP contribution in [0.2, 0.25) is 0 Å². The van der Waals surface area contributed by atoms with E-state index in [-0.39, 0.29) is 0 Å². The summed E-state index contributed by atoms with van der Waals surface area (Å²) in [4.78, 5) is 15.2. The smallest absolute Gasteiger partial charge is 0.365 e. The molecule has 0 amide bonds. The van der Waals surface area contributed by atoms with Crippen molar-refractivity contribution in [2.45, 2.75) is 32.1 Å². The molecule has 0 bridgehead atoms. The fourth-order valence-electron chi connectivity index (χ4n) is 3.13. The van der Waals surface area contributed by atoms with E-state index in [0.717, 1.165) is 17.0 Å². The van der Waals surface area contributed by atoms with Crippen LogP contribution in [-0.2, 0) is 20.0 Å². The van der Waals surface area contributed by atoms with Crippen molar-refractivity contribution in [2.75, 3.05) is 25.2 Å². The van der Waals surface area contributed by atoms with E-state index < -0.39 is 17.3 Å². The first kappa shape index (κ1) is 18.3. The molecule has 1 aliphatic rings. The third kappa shape index (κ3) is 3.40. The van der Waals surface area contributed by atoms with Gasteiger partial charge in [0, 0.05) is 17.8 Å². The highest BCUT2D eigenvalue weighted by Crippen LogP contribution is 2.40. The van der Waals surface area contributed by atoms with Gasteiger partial charge >= 0.3 is 5.97 Å². The zero-order valence-corrected chi connectivity index (χ0v) is 15.7. The molecule has 2 aromatic rings. The number of hydrogen-bond donors (Lipinski definition) is 0. The van der Waals surface area contributed by atoms with Gasteiger partial charge in [0.25, 0.3) is 5.72 Å². The molecule has 3 rings (SSSR count). The largest absolute Gasteiger partial charge is 0.497 e. The van der Waals surface area contributed by atoms with Crippen molar-refractivity contribution in [3.63, 3.8) is 0 Å². The summed E-state index contributed by atoms with van der Waals surface area (Å²) in [5.74, 6) is 0.348. The number of anilines is 1. The second-order valence-electron chi connectivity index (χ2n) is 7.21. The van der Waals surface area contributed by atoms with Crippen molar-refractivity contribution in [2.24, 2.45) is 0 Å². The van der Waals surface area contributed by atoms with Gasteiger partial charge in [0.2, 0.25) is 0 Å². The van der Waals surface area contributed by atoms with Crippen LogP contribution >= 0.6 is 0 Å². The third-order valence-corrected chi connectivity index (χ3v) is 4.23. The van der Waals surface area contributed by atoms with Crippen LogP contribution in [-0.4, -0.2) is 31.8 Å². The standard InChI is InChI=1S/C21H25NO4/c1-20(2,3)26-19(23)21(16-8-6-5-7-9-16)22(14-15-25-21)17-10-12-18(24-4)13-11-17/h5-13H,14-15H2,1-4H3. The van der Waals surface area contributed by atoms with Crippen molar-refractivity contribution >= 4 is 11.7 Å². The Labute approximate surface area is 154 Å². The Bertz CT molecular complexity index is 752. The van der Waals surface area contributed by atoms with Crippen LogP contribution in [0.1, 0.15) is 26.3 Å². The Morgan fingerprint density at radius 3 is 2.31 bits per heavy atom. The lowest BCUT2D eigenvalue weighted by Gasteiger charge is -2.38. The number of rotatable bonds is 4.